The summed E-state index contributed by atoms with van der Waals surface area (Å²) in [5, 5.41) is 3.30. The number of hydrogen-bond acceptors (Lipinski definition) is 3. The summed E-state index contributed by atoms with van der Waals surface area (Å²) >= 11 is 0. The molecule has 0 bridgehead atoms. The Morgan fingerprint density at radius 2 is 2.53 bits per heavy atom. The van der Waals surface area contributed by atoms with Crippen molar-refractivity contribution in [1.29, 1.82) is 0 Å². The van der Waals surface area contributed by atoms with Crippen LogP contribution in [0.3, 0.4) is 0 Å². The summed E-state index contributed by atoms with van der Waals surface area (Å²) in [6.07, 6.45) is 5.03. The molecule has 0 spiro atoms. The summed E-state index contributed by atoms with van der Waals surface area (Å²) in [4.78, 5) is 16.2. The Labute approximate surface area is 89.7 Å². The zero-order valence-corrected chi connectivity index (χ0v) is 9.23. The van der Waals surface area contributed by atoms with Crippen LogP contribution in [0.2, 0.25) is 0 Å². The third kappa shape index (κ3) is 2.09. The van der Waals surface area contributed by atoms with E-state index in [9.17, 15) is 4.79 Å². The molecule has 4 nitrogen and oxygen atoms in total. The zero-order chi connectivity index (χ0) is 10.8. The lowest BCUT2D eigenvalue weighted by Gasteiger charge is -2.13. The van der Waals surface area contributed by atoms with Crippen molar-refractivity contribution in [3.05, 3.63) is 18.2 Å². The molecule has 2 atom stereocenters. The lowest BCUT2D eigenvalue weighted by atomic mass is 9.95. The highest BCUT2D eigenvalue weighted by molar-refractivity contribution is 5.83. The zero-order valence-electron chi connectivity index (χ0n) is 9.23. The normalized spacial score (nSPS) is 25.7. The van der Waals surface area contributed by atoms with Crippen LogP contribution in [0.4, 0.5) is 0 Å². The molecule has 1 fully saturated rings. The van der Waals surface area contributed by atoms with Crippen molar-refractivity contribution >= 4 is 5.78 Å². The van der Waals surface area contributed by atoms with Gasteiger partial charge in [0.2, 0.25) is 0 Å². The van der Waals surface area contributed by atoms with Crippen molar-refractivity contribution in [2.24, 2.45) is 13.0 Å². The predicted octanol–water partition coefficient (Wildman–Crippen LogP) is 0.530. The van der Waals surface area contributed by atoms with Crippen molar-refractivity contribution in [1.82, 2.24) is 14.9 Å². The van der Waals surface area contributed by atoms with Crippen LogP contribution in [0.15, 0.2) is 12.4 Å². The number of rotatable bonds is 3. The molecule has 2 heterocycles. The van der Waals surface area contributed by atoms with Crippen molar-refractivity contribution < 1.29 is 4.79 Å². The molecule has 2 rings (SSSR count). The number of carbonyl (C=O) groups is 1. The Bertz CT molecular complexity index is 358. The molecule has 1 aliphatic rings. The maximum atomic E-state index is 12.0. The van der Waals surface area contributed by atoms with Crippen LogP contribution >= 0.6 is 0 Å². The van der Waals surface area contributed by atoms with Gasteiger partial charge in [0.25, 0.3) is 0 Å². The lowest BCUT2D eigenvalue weighted by Crippen LogP contribution is -2.29. The smallest absolute Gasteiger partial charge is 0.145 e. The SMILES string of the molecule is CC1NCCC1C(=O)Cc1nccn1C. The van der Waals surface area contributed by atoms with E-state index in [4.69, 9.17) is 0 Å². The average molecular weight is 207 g/mol. The highest BCUT2D eigenvalue weighted by atomic mass is 16.1. The summed E-state index contributed by atoms with van der Waals surface area (Å²) in [5.41, 5.74) is 0. The number of nitrogens with one attached hydrogen (secondary N) is 1. The van der Waals surface area contributed by atoms with Crippen molar-refractivity contribution in [2.75, 3.05) is 6.54 Å². The van der Waals surface area contributed by atoms with Gasteiger partial charge >= 0.3 is 0 Å². The van der Waals surface area contributed by atoms with Gasteiger partial charge < -0.3 is 9.88 Å². The van der Waals surface area contributed by atoms with Crippen LogP contribution in [-0.2, 0) is 18.3 Å². The Hall–Kier alpha value is -1.16. The molecule has 0 amide bonds. The number of ketones is 1. The third-order valence-electron chi connectivity index (χ3n) is 3.19. The second-order valence-electron chi connectivity index (χ2n) is 4.24. The summed E-state index contributed by atoms with van der Waals surface area (Å²) in [6.45, 7) is 3.03. The number of carbonyl (C=O) groups excluding carboxylic acids is 1. The molecule has 0 saturated carbocycles. The molecular weight excluding hydrogens is 190 g/mol. The van der Waals surface area contributed by atoms with Gasteiger partial charge in [0.05, 0.1) is 6.42 Å². The molecule has 15 heavy (non-hydrogen) atoms. The molecule has 1 saturated heterocycles. The fourth-order valence-electron chi connectivity index (χ4n) is 2.15. The van der Waals surface area contributed by atoms with Crippen LogP contribution < -0.4 is 5.32 Å². The first kappa shape index (κ1) is 10.4. The fraction of sp³-hybridized carbons (Fsp3) is 0.636. The number of imidazole rings is 1. The first-order chi connectivity index (χ1) is 7.18. The van der Waals surface area contributed by atoms with E-state index in [2.05, 4.69) is 17.2 Å². The molecule has 1 N–H and O–H groups in total. The van der Waals surface area contributed by atoms with Crippen molar-refractivity contribution in [2.45, 2.75) is 25.8 Å². The summed E-state index contributed by atoms with van der Waals surface area (Å²) in [5.74, 6) is 1.34. The topological polar surface area (TPSA) is 46.9 Å². The highest BCUT2D eigenvalue weighted by Gasteiger charge is 2.29. The van der Waals surface area contributed by atoms with Crippen LogP contribution in [0.5, 0.6) is 0 Å². The van der Waals surface area contributed by atoms with Gasteiger partial charge in [0, 0.05) is 31.4 Å². The minimum atomic E-state index is 0.168. The average Bonchev–Trinajstić information content (AvgIpc) is 2.76. The Balaban J connectivity index is 2.01. The van der Waals surface area contributed by atoms with Crippen molar-refractivity contribution in [3.63, 3.8) is 0 Å². The number of hydrogen-bond donors (Lipinski definition) is 1. The van der Waals surface area contributed by atoms with E-state index in [1.54, 1.807) is 6.20 Å². The second-order valence-corrected chi connectivity index (χ2v) is 4.24. The van der Waals surface area contributed by atoms with Crippen LogP contribution in [0.25, 0.3) is 0 Å². The van der Waals surface area contributed by atoms with E-state index in [1.807, 2.05) is 17.8 Å². The molecule has 0 aromatic carbocycles. The van der Waals surface area contributed by atoms with Crippen LogP contribution in [0, 0.1) is 5.92 Å². The molecule has 4 heteroatoms. The maximum Gasteiger partial charge on any atom is 0.145 e. The maximum absolute atomic E-state index is 12.0. The van der Waals surface area contributed by atoms with Gasteiger partial charge in [-0.2, -0.15) is 0 Å². The highest BCUT2D eigenvalue weighted by Crippen LogP contribution is 2.17. The van der Waals surface area contributed by atoms with E-state index in [0.29, 0.717) is 18.2 Å². The molecule has 2 unspecified atom stereocenters. The van der Waals surface area contributed by atoms with Gasteiger partial charge in [0.1, 0.15) is 11.6 Å². The van der Waals surface area contributed by atoms with E-state index in [0.717, 1.165) is 18.8 Å². The predicted molar refractivity (Wildman–Crippen MR) is 57.5 cm³/mol. The van der Waals surface area contributed by atoms with Gasteiger partial charge in [-0.1, -0.05) is 0 Å². The largest absolute Gasteiger partial charge is 0.338 e. The summed E-state index contributed by atoms with van der Waals surface area (Å²) < 4.78 is 1.91. The molecule has 1 aromatic heterocycles. The summed E-state index contributed by atoms with van der Waals surface area (Å²) in [7, 11) is 1.92. The van der Waals surface area contributed by atoms with E-state index < -0.39 is 0 Å². The molecule has 0 aliphatic carbocycles. The minimum absolute atomic E-state index is 0.168. The van der Waals surface area contributed by atoms with Crippen LogP contribution in [-0.4, -0.2) is 27.9 Å². The Kier molecular flexibility index (Phi) is 2.86. The monoisotopic (exact) mass is 207 g/mol. The molecule has 0 radical (unpaired) electrons. The molecule has 82 valence electrons. The molecular formula is C11H17N3O. The van der Waals surface area contributed by atoms with Gasteiger partial charge in [-0.05, 0) is 19.9 Å². The van der Waals surface area contributed by atoms with Gasteiger partial charge in [0.15, 0.2) is 0 Å². The quantitative estimate of drug-likeness (QED) is 0.786. The molecule has 1 aliphatic heterocycles. The minimum Gasteiger partial charge on any atom is -0.338 e. The van der Waals surface area contributed by atoms with Crippen molar-refractivity contribution in [3.8, 4) is 0 Å². The van der Waals surface area contributed by atoms with Gasteiger partial charge in [-0.25, -0.2) is 4.98 Å². The third-order valence-corrected chi connectivity index (χ3v) is 3.19. The van der Waals surface area contributed by atoms with E-state index in [1.165, 1.54) is 0 Å². The number of nitrogens with zero attached hydrogens (tertiary/aromatic N) is 2. The standard InChI is InChI=1S/C11H17N3O/c1-8-9(3-4-12-8)10(15)7-11-13-5-6-14(11)2/h5-6,8-9,12H,3-4,7H2,1-2H3. The van der Waals surface area contributed by atoms with Crippen LogP contribution in [0.1, 0.15) is 19.2 Å². The van der Waals surface area contributed by atoms with E-state index in [-0.39, 0.29) is 5.92 Å². The second kappa shape index (κ2) is 4.14. The summed E-state index contributed by atoms with van der Waals surface area (Å²) in [6, 6.07) is 0.317. The number of Topliss-reactive ketones (excluding diaryl/α,β-unsaturated/α-hetero) is 1. The Morgan fingerprint density at radius 1 is 1.73 bits per heavy atom. The van der Waals surface area contributed by atoms with E-state index >= 15 is 0 Å². The Morgan fingerprint density at radius 3 is 3.07 bits per heavy atom. The first-order valence-corrected chi connectivity index (χ1v) is 5.41. The first-order valence-electron chi connectivity index (χ1n) is 5.41. The van der Waals surface area contributed by atoms with Gasteiger partial charge in [-0.3, -0.25) is 4.79 Å². The number of aryl methyl sites for hydroxylation is 1. The fourth-order valence-corrected chi connectivity index (χ4v) is 2.15. The van der Waals surface area contributed by atoms with Gasteiger partial charge in [-0.15, -0.1) is 0 Å². The number of aromatic nitrogens is 2. The lowest BCUT2D eigenvalue weighted by molar-refractivity contribution is -0.122. The molecule has 1 aromatic rings.